The van der Waals surface area contributed by atoms with Gasteiger partial charge in [0, 0.05) is 54.8 Å². The molecule has 8 nitrogen and oxygen atoms in total. The van der Waals surface area contributed by atoms with E-state index in [2.05, 4.69) is 0 Å². The Balaban J connectivity index is 2.28. The van der Waals surface area contributed by atoms with Crippen molar-refractivity contribution < 1.29 is 28.2 Å². The predicted molar refractivity (Wildman–Crippen MR) is 101 cm³/mol. The van der Waals surface area contributed by atoms with E-state index in [4.69, 9.17) is 4.74 Å². The third-order valence-corrected chi connectivity index (χ3v) is 6.87. The SMILES string of the molecule is CCN(CC)C(=O)[S+]([O-])CCC(=O)OCCN(CC)C(=O)[S+]([O-])C1CC1. The van der Waals surface area contributed by atoms with Crippen LogP contribution in [0.5, 0.6) is 0 Å². The smallest absolute Gasteiger partial charge is 0.429 e. The Bertz CT molecular complexity index is 485. The van der Waals surface area contributed by atoms with Crippen LogP contribution in [-0.4, -0.2) is 79.1 Å². The second-order valence-electron chi connectivity index (χ2n) is 5.80. The Morgan fingerprint density at radius 2 is 1.58 bits per heavy atom. The molecule has 1 fully saturated rings. The van der Waals surface area contributed by atoms with Crippen LogP contribution in [0.2, 0.25) is 0 Å². The molecule has 2 atom stereocenters. The number of esters is 1. The molecule has 150 valence electrons. The number of rotatable bonds is 10. The molecule has 1 aliphatic carbocycles. The number of likely N-dealkylation sites (N-methyl/N-ethyl adjacent to an activating group) is 1. The van der Waals surface area contributed by atoms with E-state index in [-0.39, 0.29) is 30.6 Å². The zero-order chi connectivity index (χ0) is 19.7. The molecule has 1 rings (SSSR count). The molecule has 10 heteroatoms. The van der Waals surface area contributed by atoms with Gasteiger partial charge in [0.05, 0.1) is 13.0 Å². The van der Waals surface area contributed by atoms with Crippen LogP contribution in [0, 0.1) is 0 Å². The first kappa shape index (κ1) is 23.1. The van der Waals surface area contributed by atoms with E-state index < -0.39 is 38.8 Å². The molecule has 1 saturated carbocycles. The van der Waals surface area contributed by atoms with E-state index in [1.165, 1.54) is 9.80 Å². The summed E-state index contributed by atoms with van der Waals surface area (Å²) in [6, 6.07) is 0. The molecule has 0 bridgehead atoms. The highest BCUT2D eigenvalue weighted by molar-refractivity contribution is 8.06. The molecule has 0 saturated heterocycles. The lowest BCUT2D eigenvalue weighted by Gasteiger charge is -2.21. The minimum absolute atomic E-state index is 0.0170. The lowest BCUT2D eigenvalue weighted by atomic mass is 10.5. The molecule has 0 heterocycles. The van der Waals surface area contributed by atoms with Gasteiger partial charge in [-0.2, -0.15) is 0 Å². The van der Waals surface area contributed by atoms with Crippen LogP contribution in [0.3, 0.4) is 0 Å². The number of amides is 2. The van der Waals surface area contributed by atoms with Crippen molar-refractivity contribution in [3.63, 3.8) is 0 Å². The van der Waals surface area contributed by atoms with Crippen molar-refractivity contribution in [1.82, 2.24) is 9.80 Å². The lowest BCUT2D eigenvalue weighted by Crippen LogP contribution is -2.39. The summed E-state index contributed by atoms with van der Waals surface area (Å²) < 4.78 is 28.8. The summed E-state index contributed by atoms with van der Waals surface area (Å²) in [5.41, 5.74) is 0. The summed E-state index contributed by atoms with van der Waals surface area (Å²) in [7, 11) is 0. The number of hydrogen-bond donors (Lipinski definition) is 0. The number of ether oxygens (including phenoxy) is 1. The lowest BCUT2D eigenvalue weighted by molar-refractivity contribution is -0.143. The van der Waals surface area contributed by atoms with Crippen LogP contribution < -0.4 is 0 Å². The normalized spacial score (nSPS) is 15.9. The van der Waals surface area contributed by atoms with Gasteiger partial charge in [0.15, 0.2) is 0 Å². The van der Waals surface area contributed by atoms with Crippen molar-refractivity contribution in [2.24, 2.45) is 0 Å². The molecule has 26 heavy (non-hydrogen) atoms. The van der Waals surface area contributed by atoms with Crippen LogP contribution in [0.15, 0.2) is 0 Å². The molecule has 0 aromatic heterocycles. The highest BCUT2D eigenvalue weighted by Crippen LogP contribution is 2.30. The van der Waals surface area contributed by atoms with Gasteiger partial charge in [-0.15, -0.1) is 0 Å². The van der Waals surface area contributed by atoms with E-state index >= 15 is 0 Å². The second kappa shape index (κ2) is 11.7. The molecule has 2 unspecified atom stereocenters. The Labute approximate surface area is 161 Å². The molecule has 0 aliphatic heterocycles. The van der Waals surface area contributed by atoms with Crippen molar-refractivity contribution in [1.29, 1.82) is 0 Å². The van der Waals surface area contributed by atoms with Crippen molar-refractivity contribution in [2.75, 3.05) is 38.5 Å². The standard InChI is InChI=1S/C16H28N2O6S2/c1-4-17(5-2)15(20)25(22)12-9-14(19)24-11-10-18(6-3)16(21)26(23)13-7-8-13/h13H,4-12H2,1-3H3. The van der Waals surface area contributed by atoms with Crippen molar-refractivity contribution in [3.8, 4) is 0 Å². The van der Waals surface area contributed by atoms with Gasteiger partial charge in [0.25, 0.3) is 0 Å². The number of nitrogens with zero attached hydrogens (tertiary/aromatic N) is 2. The highest BCUT2D eigenvalue weighted by Gasteiger charge is 2.41. The van der Waals surface area contributed by atoms with Crippen LogP contribution in [0.25, 0.3) is 0 Å². The summed E-state index contributed by atoms with van der Waals surface area (Å²) in [5, 5.41) is -0.928. The molecular weight excluding hydrogens is 380 g/mol. The molecule has 0 radical (unpaired) electrons. The third-order valence-electron chi connectivity index (χ3n) is 3.97. The Morgan fingerprint density at radius 3 is 2.08 bits per heavy atom. The molecule has 0 aromatic rings. The monoisotopic (exact) mass is 408 g/mol. The fourth-order valence-electron chi connectivity index (χ4n) is 2.16. The maximum Gasteiger partial charge on any atom is 0.429 e. The zero-order valence-electron chi connectivity index (χ0n) is 15.6. The fraction of sp³-hybridized carbons (Fsp3) is 0.812. The average Bonchev–Trinajstić information content (AvgIpc) is 3.48. The summed E-state index contributed by atoms with van der Waals surface area (Å²) >= 11 is -3.27. The Morgan fingerprint density at radius 1 is 1.00 bits per heavy atom. The summed E-state index contributed by atoms with van der Waals surface area (Å²) in [5.74, 6) is -0.659. The van der Waals surface area contributed by atoms with Gasteiger partial charge in [-0.25, -0.2) is 9.59 Å². The van der Waals surface area contributed by atoms with Crippen LogP contribution in [0.1, 0.15) is 40.0 Å². The van der Waals surface area contributed by atoms with Gasteiger partial charge in [-0.05, 0) is 20.8 Å². The van der Waals surface area contributed by atoms with Crippen LogP contribution >= 0.6 is 0 Å². The third kappa shape index (κ3) is 7.34. The largest absolute Gasteiger partial charge is 0.608 e. The van der Waals surface area contributed by atoms with Crippen molar-refractivity contribution >= 4 is 38.8 Å². The topological polar surface area (TPSA) is 113 Å². The van der Waals surface area contributed by atoms with Crippen LogP contribution in [0.4, 0.5) is 9.59 Å². The maximum absolute atomic E-state index is 12.0. The van der Waals surface area contributed by atoms with Gasteiger partial charge in [-0.3, -0.25) is 14.6 Å². The van der Waals surface area contributed by atoms with E-state index in [0.29, 0.717) is 19.6 Å². The van der Waals surface area contributed by atoms with E-state index in [1.807, 2.05) is 0 Å². The fourth-order valence-corrected chi connectivity index (χ4v) is 4.56. The average molecular weight is 409 g/mol. The number of carbonyl (C=O) groups is 3. The molecule has 2 amide bonds. The zero-order valence-corrected chi connectivity index (χ0v) is 17.2. The Kier molecular flexibility index (Phi) is 10.4. The molecule has 0 aromatic carbocycles. The predicted octanol–water partition coefficient (Wildman–Crippen LogP) is 1.48. The van der Waals surface area contributed by atoms with Gasteiger partial charge < -0.3 is 13.8 Å². The highest BCUT2D eigenvalue weighted by atomic mass is 32.2. The summed E-state index contributed by atoms with van der Waals surface area (Å²) in [6.45, 7) is 6.83. The van der Waals surface area contributed by atoms with Crippen LogP contribution in [-0.2, 0) is 31.9 Å². The second-order valence-corrected chi connectivity index (χ2v) is 8.86. The molecule has 0 N–H and O–H groups in total. The van der Waals surface area contributed by atoms with E-state index in [0.717, 1.165) is 12.8 Å². The molecule has 0 spiro atoms. The van der Waals surface area contributed by atoms with Gasteiger partial charge in [0.2, 0.25) is 0 Å². The number of hydrogen-bond acceptors (Lipinski definition) is 6. The van der Waals surface area contributed by atoms with Gasteiger partial charge in [-0.1, -0.05) is 0 Å². The minimum atomic E-state index is -1.76. The maximum atomic E-state index is 12.0. The number of carbonyl (C=O) groups excluding carboxylic acids is 3. The van der Waals surface area contributed by atoms with Crippen molar-refractivity contribution in [3.05, 3.63) is 0 Å². The van der Waals surface area contributed by atoms with E-state index in [1.54, 1.807) is 20.8 Å². The molecule has 1 aliphatic rings. The first-order chi connectivity index (χ1) is 12.3. The minimum Gasteiger partial charge on any atom is -0.608 e. The summed E-state index contributed by atoms with van der Waals surface area (Å²) in [6.07, 6.45) is 1.50. The van der Waals surface area contributed by atoms with E-state index in [9.17, 15) is 23.5 Å². The summed E-state index contributed by atoms with van der Waals surface area (Å²) in [4.78, 5) is 38.5. The first-order valence-corrected chi connectivity index (χ1v) is 11.4. The Hall–Kier alpha value is -0.970. The first-order valence-electron chi connectivity index (χ1n) is 8.87. The van der Waals surface area contributed by atoms with Gasteiger partial charge >= 0.3 is 16.4 Å². The van der Waals surface area contributed by atoms with Gasteiger partial charge in [0.1, 0.15) is 17.6 Å². The quantitative estimate of drug-likeness (QED) is 0.400. The molecular formula is C16H28N2O6S2. The van der Waals surface area contributed by atoms with Crippen molar-refractivity contribution in [2.45, 2.75) is 45.3 Å².